The fraction of sp³-hybridized carbons (Fsp3) is 0.204. The number of hydrogen-bond acceptors (Lipinski definition) is 2. The normalized spacial score (nSPS) is 12.5. The van der Waals surface area contributed by atoms with Crippen molar-refractivity contribution in [3.63, 3.8) is 0 Å². The number of nitrogens with zero attached hydrogens (tertiary/aromatic N) is 2. The minimum atomic E-state index is 0.00581. The highest BCUT2D eigenvalue weighted by Crippen LogP contribution is 2.44. The molecule has 0 bridgehead atoms. The fourth-order valence-electron chi connectivity index (χ4n) is 8.25. The largest absolute Gasteiger partial charge is 0.455 e. The lowest BCUT2D eigenvalue weighted by Gasteiger charge is -2.24. The van der Waals surface area contributed by atoms with Crippen LogP contribution in [0.3, 0.4) is 0 Å². The molecule has 52 heavy (non-hydrogen) atoms. The lowest BCUT2D eigenvalue weighted by atomic mass is 9.82. The van der Waals surface area contributed by atoms with E-state index in [-0.39, 0.29) is 17.3 Å². The minimum Gasteiger partial charge on any atom is -0.455 e. The molecule has 2 heterocycles. The van der Waals surface area contributed by atoms with Crippen molar-refractivity contribution in [2.24, 2.45) is 0 Å². The fourth-order valence-corrected chi connectivity index (χ4v) is 8.25. The van der Waals surface area contributed by atoms with Crippen LogP contribution in [0.25, 0.3) is 82.7 Å². The van der Waals surface area contributed by atoms with Crippen LogP contribution in [0.5, 0.6) is 0 Å². The molecular weight excluding hydrogens is 633 g/mol. The first-order valence-electron chi connectivity index (χ1n) is 18.6. The maximum absolute atomic E-state index is 6.99. The summed E-state index contributed by atoms with van der Waals surface area (Å²) in [4.78, 5) is 5.40. The maximum atomic E-state index is 6.99. The topological polar surface area (TPSA) is 31.0 Å². The van der Waals surface area contributed by atoms with Crippen molar-refractivity contribution < 1.29 is 4.42 Å². The molecule has 0 fully saturated rings. The van der Waals surface area contributed by atoms with Gasteiger partial charge in [-0.05, 0) is 109 Å². The van der Waals surface area contributed by atoms with Crippen molar-refractivity contribution in [2.75, 3.05) is 0 Å². The number of fused-ring (bicyclic) bond motifs is 7. The third-order valence-corrected chi connectivity index (χ3v) is 10.8. The van der Waals surface area contributed by atoms with Crippen LogP contribution in [-0.4, -0.2) is 9.55 Å². The van der Waals surface area contributed by atoms with Gasteiger partial charge in [-0.15, -0.1) is 0 Å². The van der Waals surface area contributed by atoms with E-state index in [2.05, 4.69) is 180 Å². The van der Waals surface area contributed by atoms with Crippen molar-refractivity contribution in [3.8, 4) is 28.2 Å². The van der Waals surface area contributed by atoms with E-state index in [0.717, 1.165) is 44.4 Å². The van der Waals surface area contributed by atoms with Gasteiger partial charge in [0.25, 0.3) is 0 Å². The van der Waals surface area contributed by atoms with E-state index in [1.807, 2.05) is 0 Å². The first-order valence-corrected chi connectivity index (χ1v) is 18.6. The molecule has 0 aliphatic heterocycles. The number of para-hydroxylation sites is 3. The molecule has 0 spiro atoms. The summed E-state index contributed by atoms with van der Waals surface area (Å²) in [5.41, 5.74) is 12.5. The van der Waals surface area contributed by atoms with Crippen LogP contribution in [0.15, 0.2) is 132 Å². The van der Waals surface area contributed by atoms with Gasteiger partial charge in [-0.25, -0.2) is 4.98 Å². The quantitative estimate of drug-likeness (QED) is 0.170. The van der Waals surface area contributed by atoms with Crippen LogP contribution < -0.4 is 0 Å². The Balaban J connectivity index is 1.35. The monoisotopic (exact) mass is 676 g/mol. The molecule has 0 atom stereocenters. The molecule has 9 rings (SSSR count). The lowest BCUT2D eigenvalue weighted by molar-refractivity contribution is 0.596. The highest BCUT2D eigenvalue weighted by molar-refractivity contribution is 6.18. The van der Waals surface area contributed by atoms with Crippen molar-refractivity contribution in [3.05, 3.63) is 144 Å². The maximum Gasteiger partial charge on any atom is 0.149 e. The number of benzene rings is 7. The average Bonchev–Trinajstić information content (AvgIpc) is 3.71. The number of hydrogen-bond donors (Lipinski definition) is 0. The van der Waals surface area contributed by atoms with Crippen molar-refractivity contribution in [1.82, 2.24) is 9.55 Å². The molecule has 2 aromatic heterocycles. The molecule has 0 saturated heterocycles. The molecule has 0 aliphatic rings. The number of rotatable bonds is 5. The Morgan fingerprint density at radius 1 is 0.596 bits per heavy atom. The molecule has 0 saturated carbocycles. The van der Waals surface area contributed by atoms with E-state index in [0.29, 0.717) is 0 Å². The van der Waals surface area contributed by atoms with E-state index in [9.17, 15) is 0 Å². The van der Waals surface area contributed by atoms with Gasteiger partial charge < -0.3 is 4.42 Å². The lowest BCUT2D eigenvalue weighted by Crippen LogP contribution is -2.11. The molecule has 9 aromatic rings. The van der Waals surface area contributed by atoms with Crippen molar-refractivity contribution >= 4 is 54.5 Å². The summed E-state index contributed by atoms with van der Waals surface area (Å²) in [6.07, 6.45) is 0. The Hall–Kier alpha value is -5.67. The van der Waals surface area contributed by atoms with Gasteiger partial charge in [-0.3, -0.25) is 4.57 Å². The van der Waals surface area contributed by atoms with E-state index in [1.54, 1.807) is 0 Å². The second-order valence-electron chi connectivity index (χ2n) is 16.0. The minimum absolute atomic E-state index is 0.00581. The van der Waals surface area contributed by atoms with Crippen LogP contribution in [-0.2, 0) is 5.41 Å². The SMILES string of the molecule is CC(C)c1cc(-c2ccccc2)cc(C(C)C)c1-n1c(-c2cccc3c2oc2cc4c(ccc5cccc(C(C)(C)C)c54)cc23)nc2ccccc21. The molecule has 0 aliphatic carbocycles. The smallest absolute Gasteiger partial charge is 0.149 e. The van der Waals surface area contributed by atoms with Gasteiger partial charge in [-0.2, -0.15) is 0 Å². The zero-order valence-corrected chi connectivity index (χ0v) is 31.1. The van der Waals surface area contributed by atoms with Gasteiger partial charge in [0, 0.05) is 10.8 Å². The Morgan fingerprint density at radius 2 is 1.29 bits per heavy atom. The standard InChI is InChI=1S/C49H44N2O/c1-29(2)37-26-34(31-15-9-8-10-16-31)27-38(30(3)4)46(37)51-43-22-12-11-21-42(43)50-48(51)36-19-14-18-35-40-25-33-24-23-32-17-13-20-41(49(5,6)7)45(32)39(33)28-44(40)52-47(35)36/h8-30H,1-7H3. The zero-order chi connectivity index (χ0) is 35.9. The van der Waals surface area contributed by atoms with Gasteiger partial charge in [-0.1, -0.05) is 133 Å². The predicted molar refractivity (Wildman–Crippen MR) is 221 cm³/mol. The highest BCUT2D eigenvalue weighted by atomic mass is 16.3. The van der Waals surface area contributed by atoms with Crippen LogP contribution >= 0.6 is 0 Å². The summed E-state index contributed by atoms with van der Waals surface area (Å²) in [5, 5.41) is 7.23. The van der Waals surface area contributed by atoms with Crippen molar-refractivity contribution in [2.45, 2.75) is 65.7 Å². The number of aromatic nitrogens is 2. The van der Waals surface area contributed by atoms with Gasteiger partial charge in [0.1, 0.15) is 17.0 Å². The Morgan fingerprint density at radius 3 is 2.02 bits per heavy atom. The molecular formula is C49H44N2O. The van der Waals surface area contributed by atoms with Crippen LogP contribution in [0.1, 0.15) is 77.0 Å². The number of imidazole rings is 1. The second kappa shape index (κ2) is 12.0. The zero-order valence-electron chi connectivity index (χ0n) is 31.1. The first kappa shape index (κ1) is 32.3. The van der Waals surface area contributed by atoms with Crippen LogP contribution in [0.4, 0.5) is 0 Å². The summed E-state index contributed by atoms with van der Waals surface area (Å²) in [5.74, 6) is 1.46. The molecule has 3 nitrogen and oxygen atoms in total. The Labute approximate surface area is 305 Å². The van der Waals surface area contributed by atoms with E-state index >= 15 is 0 Å². The first-order chi connectivity index (χ1) is 25.1. The number of furan rings is 1. The molecule has 0 N–H and O–H groups in total. The molecule has 0 amide bonds. The summed E-state index contributed by atoms with van der Waals surface area (Å²) in [7, 11) is 0. The van der Waals surface area contributed by atoms with Crippen LogP contribution in [0.2, 0.25) is 0 Å². The van der Waals surface area contributed by atoms with Gasteiger partial charge in [0.15, 0.2) is 0 Å². The van der Waals surface area contributed by atoms with E-state index in [4.69, 9.17) is 9.40 Å². The third-order valence-electron chi connectivity index (χ3n) is 10.8. The molecule has 256 valence electrons. The summed E-state index contributed by atoms with van der Waals surface area (Å²) in [6.45, 7) is 16.1. The summed E-state index contributed by atoms with van der Waals surface area (Å²) >= 11 is 0. The Bertz CT molecular complexity index is 2800. The van der Waals surface area contributed by atoms with E-state index in [1.165, 1.54) is 55.0 Å². The van der Waals surface area contributed by atoms with Gasteiger partial charge >= 0.3 is 0 Å². The van der Waals surface area contributed by atoms with Crippen LogP contribution in [0, 0.1) is 0 Å². The molecule has 0 radical (unpaired) electrons. The second-order valence-corrected chi connectivity index (χ2v) is 16.0. The third kappa shape index (κ3) is 5.05. The molecule has 3 heteroatoms. The Kier molecular flexibility index (Phi) is 7.41. The molecule has 0 unspecified atom stereocenters. The van der Waals surface area contributed by atoms with Gasteiger partial charge in [0.05, 0.1) is 22.3 Å². The molecule has 7 aromatic carbocycles. The predicted octanol–water partition coefficient (Wildman–Crippen LogP) is 14.1. The van der Waals surface area contributed by atoms with Gasteiger partial charge in [0.2, 0.25) is 0 Å². The summed E-state index contributed by atoms with van der Waals surface area (Å²) < 4.78 is 9.40. The summed E-state index contributed by atoms with van der Waals surface area (Å²) in [6, 6.07) is 46.4. The van der Waals surface area contributed by atoms with Crippen molar-refractivity contribution in [1.29, 1.82) is 0 Å². The highest BCUT2D eigenvalue weighted by Gasteiger charge is 2.26. The average molecular weight is 677 g/mol. The van der Waals surface area contributed by atoms with E-state index < -0.39 is 0 Å².